The van der Waals surface area contributed by atoms with E-state index in [0.717, 1.165) is 13.0 Å². The van der Waals surface area contributed by atoms with Crippen molar-refractivity contribution in [2.24, 2.45) is 4.99 Å². The van der Waals surface area contributed by atoms with E-state index in [1.807, 2.05) is 13.0 Å². The first-order valence-corrected chi connectivity index (χ1v) is 4.13. The molecule has 0 rings (SSSR count). The average molecular weight is 166 g/mol. The Hall–Kier alpha value is -0.890. The molecular weight excluding hydrogens is 148 g/mol. The van der Waals surface area contributed by atoms with Crippen molar-refractivity contribution < 1.29 is 0 Å². The van der Waals surface area contributed by atoms with Gasteiger partial charge in [-0.25, -0.2) is 0 Å². The molecule has 0 saturated heterocycles. The molecule has 0 aliphatic carbocycles. The van der Waals surface area contributed by atoms with Crippen molar-refractivity contribution in [1.82, 2.24) is 4.90 Å². The highest BCUT2D eigenvalue weighted by Crippen LogP contribution is 2.03. The van der Waals surface area contributed by atoms with Crippen LogP contribution in [0.25, 0.3) is 0 Å². The molecule has 2 nitrogen and oxygen atoms in total. The SMILES string of the molecule is C=N/C=C\C(=C/C)CCN(C)C. The first-order valence-electron chi connectivity index (χ1n) is 4.13. The highest BCUT2D eigenvalue weighted by atomic mass is 15.0. The van der Waals surface area contributed by atoms with E-state index in [2.05, 4.69) is 36.8 Å². The molecule has 0 aliphatic heterocycles. The van der Waals surface area contributed by atoms with Crippen LogP contribution in [0.1, 0.15) is 13.3 Å². The summed E-state index contributed by atoms with van der Waals surface area (Å²) in [7, 11) is 4.14. The van der Waals surface area contributed by atoms with Crippen LogP contribution in [0.15, 0.2) is 28.9 Å². The summed E-state index contributed by atoms with van der Waals surface area (Å²) < 4.78 is 0. The van der Waals surface area contributed by atoms with Gasteiger partial charge in [-0.05, 0) is 45.8 Å². The molecule has 0 atom stereocenters. The molecule has 0 radical (unpaired) electrons. The number of hydrogen-bond donors (Lipinski definition) is 0. The lowest BCUT2D eigenvalue weighted by Crippen LogP contribution is -2.13. The first kappa shape index (κ1) is 11.1. The predicted molar refractivity (Wildman–Crippen MR) is 55.6 cm³/mol. The van der Waals surface area contributed by atoms with Crippen molar-refractivity contribution in [2.45, 2.75) is 13.3 Å². The monoisotopic (exact) mass is 166 g/mol. The number of nitrogens with zero attached hydrogens (tertiary/aromatic N) is 2. The summed E-state index contributed by atoms with van der Waals surface area (Å²) in [5.41, 5.74) is 1.30. The van der Waals surface area contributed by atoms with Crippen LogP contribution >= 0.6 is 0 Å². The maximum atomic E-state index is 3.67. The molecule has 0 N–H and O–H groups in total. The van der Waals surface area contributed by atoms with Crippen molar-refractivity contribution in [2.75, 3.05) is 20.6 Å². The van der Waals surface area contributed by atoms with Gasteiger partial charge in [0.2, 0.25) is 0 Å². The molecule has 0 amide bonds. The van der Waals surface area contributed by atoms with Gasteiger partial charge < -0.3 is 4.90 Å². The molecular formula is C10H18N2. The predicted octanol–water partition coefficient (Wildman–Crippen LogP) is 2.10. The molecule has 0 aromatic carbocycles. The molecule has 0 heterocycles. The van der Waals surface area contributed by atoms with E-state index in [1.165, 1.54) is 5.57 Å². The molecule has 2 heteroatoms. The summed E-state index contributed by atoms with van der Waals surface area (Å²) >= 11 is 0. The molecule has 0 unspecified atom stereocenters. The summed E-state index contributed by atoms with van der Waals surface area (Å²) in [6.45, 7) is 6.50. The van der Waals surface area contributed by atoms with Gasteiger partial charge in [0.15, 0.2) is 0 Å². The molecule has 68 valence electrons. The summed E-state index contributed by atoms with van der Waals surface area (Å²) in [4.78, 5) is 5.83. The van der Waals surface area contributed by atoms with Crippen molar-refractivity contribution in [1.29, 1.82) is 0 Å². The van der Waals surface area contributed by atoms with Crippen molar-refractivity contribution >= 4 is 6.72 Å². The number of aliphatic imine (C=N–C) groups is 1. The molecule has 0 aliphatic rings. The van der Waals surface area contributed by atoms with Gasteiger partial charge in [0.25, 0.3) is 0 Å². The van der Waals surface area contributed by atoms with E-state index in [9.17, 15) is 0 Å². The zero-order valence-electron chi connectivity index (χ0n) is 8.25. The third-order valence-corrected chi connectivity index (χ3v) is 1.61. The van der Waals surface area contributed by atoms with Gasteiger partial charge in [0, 0.05) is 12.7 Å². The van der Waals surface area contributed by atoms with Crippen LogP contribution in [0.4, 0.5) is 0 Å². The minimum Gasteiger partial charge on any atom is -0.309 e. The minimum absolute atomic E-state index is 1.06. The van der Waals surface area contributed by atoms with Gasteiger partial charge in [-0.15, -0.1) is 0 Å². The standard InChI is InChI=1S/C10H18N2/c1-5-10(6-8-11-2)7-9-12(3)4/h5-6,8H,2,7,9H2,1,3-4H3/b8-6-,10-5+. The zero-order chi connectivity index (χ0) is 9.40. The van der Waals surface area contributed by atoms with E-state index >= 15 is 0 Å². The summed E-state index contributed by atoms with van der Waals surface area (Å²) in [5, 5.41) is 0. The third-order valence-electron chi connectivity index (χ3n) is 1.61. The number of rotatable bonds is 5. The molecule has 0 spiro atoms. The molecule has 12 heavy (non-hydrogen) atoms. The van der Waals surface area contributed by atoms with E-state index in [1.54, 1.807) is 6.20 Å². The largest absolute Gasteiger partial charge is 0.309 e. The van der Waals surface area contributed by atoms with Gasteiger partial charge >= 0.3 is 0 Å². The first-order chi connectivity index (χ1) is 5.70. The van der Waals surface area contributed by atoms with E-state index in [4.69, 9.17) is 0 Å². The second kappa shape index (κ2) is 6.80. The van der Waals surface area contributed by atoms with Crippen LogP contribution in [0.2, 0.25) is 0 Å². The van der Waals surface area contributed by atoms with Crippen molar-refractivity contribution in [3.63, 3.8) is 0 Å². The highest BCUT2D eigenvalue weighted by molar-refractivity contribution is 5.27. The van der Waals surface area contributed by atoms with Gasteiger partial charge in [0.1, 0.15) is 0 Å². The van der Waals surface area contributed by atoms with Crippen molar-refractivity contribution in [3.8, 4) is 0 Å². The van der Waals surface area contributed by atoms with Gasteiger partial charge in [0.05, 0.1) is 0 Å². The Balaban J connectivity index is 3.85. The smallest absolute Gasteiger partial charge is 0.0263 e. The van der Waals surface area contributed by atoms with Gasteiger partial charge in [-0.1, -0.05) is 6.08 Å². The Labute approximate surface area is 75.3 Å². The second-order valence-corrected chi connectivity index (χ2v) is 2.92. The topological polar surface area (TPSA) is 15.6 Å². The van der Waals surface area contributed by atoms with E-state index < -0.39 is 0 Å². The third kappa shape index (κ3) is 5.86. The van der Waals surface area contributed by atoms with Crippen LogP contribution in [0.5, 0.6) is 0 Å². The van der Waals surface area contributed by atoms with Crippen LogP contribution in [0, 0.1) is 0 Å². The summed E-state index contributed by atoms with van der Waals surface area (Å²) in [5.74, 6) is 0. The summed E-state index contributed by atoms with van der Waals surface area (Å²) in [6, 6.07) is 0. The molecule has 0 aromatic heterocycles. The van der Waals surface area contributed by atoms with Crippen molar-refractivity contribution in [3.05, 3.63) is 23.9 Å². The lowest BCUT2D eigenvalue weighted by Gasteiger charge is -2.08. The fourth-order valence-corrected chi connectivity index (χ4v) is 0.825. The number of allylic oxidation sites excluding steroid dienone is 2. The average Bonchev–Trinajstić information content (AvgIpc) is 2.05. The maximum Gasteiger partial charge on any atom is 0.0263 e. The van der Waals surface area contributed by atoms with E-state index in [0.29, 0.717) is 0 Å². The molecule has 0 aromatic rings. The van der Waals surface area contributed by atoms with Gasteiger partial charge in [-0.3, -0.25) is 4.99 Å². The Morgan fingerprint density at radius 3 is 2.58 bits per heavy atom. The molecule has 0 fully saturated rings. The summed E-state index contributed by atoms with van der Waals surface area (Å²) in [6.07, 6.45) is 6.89. The fourth-order valence-electron chi connectivity index (χ4n) is 0.825. The second-order valence-electron chi connectivity index (χ2n) is 2.92. The molecule has 0 bridgehead atoms. The van der Waals surface area contributed by atoms with Crippen LogP contribution < -0.4 is 0 Å². The lowest BCUT2D eigenvalue weighted by atomic mass is 10.2. The van der Waals surface area contributed by atoms with Crippen LogP contribution in [-0.4, -0.2) is 32.3 Å². The Kier molecular flexibility index (Phi) is 6.29. The zero-order valence-corrected chi connectivity index (χ0v) is 8.25. The van der Waals surface area contributed by atoms with Crippen LogP contribution in [0.3, 0.4) is 0 Å². The van der Waals surface area contributed by atoms with Gasteiger partial charge in [-0.2, -0.15) is 0 Å². The van der Waals surface area contributed by atoms with E-state index in [-0.39, 0.29) is 0 Å². The quantitative estimate of drug-likeness (QED) is 0.451. The maximum absolute atomic E-state index is 3.67. The Bertz CT molecular complexity index is 178. The fraction of sp³-hybridized carbons (Fsp3) is 0.500. The minimum atomic E-state index is 1.06. The lowest BCUT2D eigenvalue weighted by molar-refractivity contribution is 0.414. The Morgan fingerprint density at radius 1 is 1.50 bits per heavy atom. The molecule has 0 saturated carbocycles. The highest BCUT2D eigenvalue weighted by Gasteiger charge is 1.92. The normalized spacial score (nSPS) is 12.8. The van der Waals surface area contributed by atoms with Crippen LogP contribution in [-0.2, 0) is 0 Å². The number of hydrogen-bond acceptors (Lipinski definition) is 2. The Morgan fingerprint density at radius 2 is 2.17 bits per heavy atom.